The van der Waals surface area contributed by atoms with Crippen molar-refractivity contribution in [2.24, 2.45) is 0 Å². The molecule has 4 rings (SSSR count). The van der Waals surface area contributed by atoms with Gasteiger partial charge in [0.05, 0.1) is 12.2 Å². The van der Waals surface area contributed by atoms with Crippen LogP contribution in [-0.4, -0.2) is 44.0 Å². The average molecular weight is 377 g/mol. The Morgan fingerprint density at radius 3 is 2.75 bits per heavy atom. The summed E-state index contributed by atoms with van der Waals surface area (Å²) in [5.74, 6) is 0.914. The van der Waals surface area contributed by atoms with Crippen LogP contribution in [0.4, 0.5) is 0 Å². The third-order valence-electron chi connectivity index (χ3n) is 5.71. The van der Waals surface area contributed by atoms with E-state index in [9.17, 15) is 4.79 Å². The van der Waals surface area contributed by atoms with E-state index >= 15 is 0 Å². The number of carbonyl (C=O) groups excluding carboxylic acids is 1. The molecule has 2 aromatic rings. The molecule has 0 aromatic heterocycles. The maximum absolute atomic E-state index is 12.6. The lowest BCUT2D eigenvalue weighted by Crippen LogP contribution is -2.29. The zero-order chi connectivity index (χ0) is 19.5. The van der Waals surface area contributed by atoms with Crippen LogP contribution >= 0.6 is 0 Å². The van der Waals surface area contributed by atoms with Gasteiger partial charge in [0, 0.05) is 37.7 Å². The Hall–Kier alpha value is -2.43. The minimum absolute atomic E-state index is 0.157. The van der Waals surface area contributed by atoms with Crippen molar-refractivity contribution in [2.75, 3.05) is 33.4 Å². The van der Waals surface area contributed by atoms with Crippen LogP contribution in [0.5, 0.6) is 0 Å². The van der Waals surface area contributed by atoms with Gasteiger partial charge in [0.15, 0.2) is 5.78 Å². The molecule has 146 valence electrons. The lowest BCUT2D eigenvalue weighted by molar-refractivity contribution is -0.112. The first-order chi connectivity index (χ1) is 13.7. The summed E-state index contributed by atoms with van der Waals surface area (Å²) in [6.07, 6.45) is 1.47. The number of hydrogen-bond donors (Lipinski definition) is 0. The fraction of sp³-hybridized carbons (Fsp3) is 0.375. The molecule has 0 radical (unpaired) electrons. The second-order valence-electron chi connectivity index (χ2n) is 7.42. The van der Waals surface area contributed by atoms with Crippen LogP contribution < -0.4 is 0 Å². The summed E-state index contributed by atoms with van der Waals surface area (Å²) in [5, 5.41) is 0. The van der Waals surface area contributed by atoms with Crippen LogP contribution in [0.3, 0.4) is 0 Å². The molecule has 1 aliphatic carbocycles. The number of allylic oxidation sites excluding steroid dienone is 1. The summed E-state index contributed by atoms with van der Waals surface area (Å²) in [5.41, 5.74) is 6.42. The largest absolute Gasteiger partial charge is 0.487 e. The number of benzene rings is 2. The van der Waals surface area contributed by atoms with Gasteiger partial charge in [-0.05, 0) is 29.7 Å². The Bertz CT molecular complexity index is 916. The maximum Gasteiger partial charge on any atom is 0.171 e. The van der Waals surface area contributed by atoms with Crippen LogP contribution in [0.15, 0.2) is 42.5 Å². The Morgan fingerprint density at radius 2 is 1.93 bits per heavy atom. The summed E-state index contributed by atoms with van der Waals surface area (Å²) >= 11 is 0. The minimum atomic E-state index is 0.157. The summed E-state index contributed by atoms with van der Waals surface area (Å²) in [4.78, 5) is 15.0. The van der Waals surface area contributed by atoms with Crippen molar-refractivity contribution in [2.45, 2.75) is 26.4 Å². The number of ether oxygens (including phenoxy) is 2. The number of nitrogens with zero attached hydrogens (tertiary/aromatic N) is 1. The predicted octanol–water partition coefficient (Wildman–Crippen LogP) is 3.72. The summed E-state index contributed by atoms with van der Waals surface area (Å²) < 4.78 is 11.2. The smallest absolute Gasteiger partial charge is 0.171 e. The molecule has 0 N–H and O–H groups in total. The van der Waals surface area contributed by atoms with Crippen LogP contribution in [0, 0.1) is 0 Å². The van der Waals surface area contributed by atoms with E-state index in [1.54, 1.807) is 7.11 Å². The second kappa shape index (κ2) is 8.29. The molecule has 1 heterocycles. The molecule has 0 spiro atoms. The van der Waals surface area contributed by atoms with Gasteiger partial charge in [0.1, 0.15) is 12.4 Å². The Morgan fingerprint density at radius 1 is 1.07 bits per heavy atom. The van der Waals surface area contributed by atoms with Crippen molar-refractivity contribution < 1.29 is 14.3 Å². The van der Waals surface area contributed by atoms with Crippen molar-refractivity contribution >= 4 is 17.1 Å². The first kappa shape index (κ1) is 18.9. The molecule has 0 unspecified atom stereocenters. The molecule has 4 nitrogen and oxygen atoms in total. The average Bonchev–Trinajstić information content (AvgIpc) is 3.27. The quantitative estimate of drug-likeness (QED) is 0.690. The number of fused-ring (bicyclic) bond motifs is 2. The summed E-state index contributed by atoms with van der Waals surface area (Å²) in [6.45, 7) is 6.48. The molecule has 4 heteroatoms. The number of ketones is 1. The molecule has 0 fully saturated rings. The lowest BCUT2D eigenvalue weighted by Gasteiger charge is -2.19. The van der Waals surface area contributed by atoms with E-state index in [2.05, 4.69) is 30.0 Å². The fourth-order valence-electron chi connectivity index (χ4n) is 4.09. The van der Waals surface area contributed by atoms with Crippen molar-refractivity contribution in [1.82, 2.24) is 4.90 Å². The van der Waals surface area contributed by atoms with Gasteiger partial charge < -0.3 is 14.4 Å². The van der Waals surface area contributed by atoms with Gasteiger partial charge in [-0.25, -0.2) is 0 Å². The number of likely N-dealkylation sites (N-methyl/N-ethyl adjacent to an activating group) is 1. The Kier molecular flexibility index (Phi) is 5.60. The number of Topliss-reactive ketones (excluding diaryl/α,β-unsaturated/α-hetero) is 1. The first-order valence-corrected chi connectivity index (χ1v) is 10.0. The highest BCUT2D eigenvalue weighted by molar-refractivity contribution is 6.31. The van der Waals surface area contributed by atoms with Crippen molar-refractivity contribution in [3.05, 3.63) is 70.3 Å². The monoisotopic (exact) mass is 377 g/mol. The molecule has 1 aliphatic heterocycles. The molecule has 0 atom stereocenters. The van der Waals surface area contributed by atoms with E-state index in [1.807, 2.05) is 24.3 Å². The van der Waals surface area contributed by atoms with Crippen molar-refractivity contribution in [3.63, 3.8) is 0 Å². The van der Waals surface area contributed by atoms with Crippen molar-refractivity contribution in [3.8, 4) is 0 Å². The molecule has 0 amide bonds. The number of carbonyl (C=O) groups is 1. The number of rotatable bonds is 7. The minimum Gasteiger partial charge on any atom is -0.487 e. The highest BCUT2D eigenvalue weighted by Crippen LogP contribution is 2.40. The van der Waals surface area contributed by atoms with Crippen molar-refractivity contribution in [1.29, 1.82) is 0 Å². The van der Waals surface area contributed by atoms with E-state index in [0.717, 1.165) is 60.7 Å². The predicted molar refractivity (Wildman–Crippen MR) is 111 cm³/mol. The van der Waals surface area contributed by atoms with Gasteiger partial charge in [0.2, 0.25) is 0 Å². The van der Waals surface area contributed by atoms with Gasteiger partial charge in [-0.15, -0.1) is 0 Å². The molecule has 28 heavy (non-hydrogen) atoms. The molecule has 2 aromatic carbocycles. The third-order valence-corrected chi connectivity index (χ3v) is 5.71. The Balaban J connectivity index is 1.55. The molecular formula is C24H27NO3. The van der Waals surface area contributed by atoms with E-state index in [-0.39, 0.29) is 5.78 Å². The molecule has 0 saturated heterocycles. The number of methoxy groups -OCH3 is 1. The van der Waals surface area contributed by atoms with Crippen LogP contribution in [0.25, 0.3) is 11.3 Å². The second-order valence-corrected chi connectivity index (χ2v) is 7.42. The highest BCUT2D eigenvalue weighted by Gasteiger charge is 2.32. The highest BCUT2D eigenvalue weighted by atomic mass is 16.5. The fourth-order valence-corrected chi connectivity index (χ4v) is 4.09. The van der Waals surface area contributed by atoms with Gasteiger partial charge in [-0.3, -0.25) is 4.79 Å². The molecule has 2 aliphatic rings. The zero-order valence-corrected chi connectivity index (χ0v) is 16.7. The first-order valence-electron chi connectivity index (χ1n) is 10.0. The van der Waals surface area contributed by atoms with E-state index in [4.69, 9.17) is 9.47 Å². The van der Waals surface area contributed by atoms with Gasteiger partial charge in [-0.1, -0.05) is 49.4 Å². The maximum atomic E-state index is 12.6. The number of hydrogen-bond acceptors (Lipinski definition) is 4. The summed E-state index contributed by atoms with van der Waals surface area (Å²) in [6, 6.07) is 14.6. The topological polar surface area (TPSA) is 38.8 Å². The molecule has 0 saturated carbocycles. The van der Waals surface area contributed by atoms with Crippen LogP contribution in [0.2, 0.25) is 0 Å². The standard InChI is InChI=1S/C24H27NO3/c1-3-25(12-13-27-2)11-10-17-8-9-21-19(14-17)16-28-24(21)23-20-7-5-4-6-18(20)15-22(23)26/h4-9,14H,3,10-13,15-16H2,1-2H3/b24-23+. The normalized spacial score (nSPS) is 17.8. The van der Waals surface area contributed by atoms with Crippen LogP contribution in [0.1, 0.15) is 34.7 Å². The van der Waals surface area contributed by atoms with Gasteiger partial charge in [-0.2, -0.15) is 0 Å². The molecule has 0 bridgehead atoms. The van der Waals surface area contributed by atoms with Gasteiger partial charge in [0.25, 0.3) is 0 Å². The van der Waals surface area contributed by atoms with E-state index < -0.39 is 0 Å². The van der Waals surface area contributed by atoms with E-state index in [1.165, 1.54) is 11.1 Å². The summed E-state index contributed by atoms with van der Waals surface area (Å²) in [7, 11) is 1.74. The zero-order valence-electron chi connectivity index (χ0n) is 16.7. The van der Waals surface area contributed by atoms with Gasteiger partial charge >= 0.3 is 0 Å². The van der Waals surface area contributed by atoms with E-state index in [0.29, 0.717) is 13.0 Å². The lowest BCUT2D eigenvalue weighted by atomic mass is 9.98. The Labute approximate surface area is 166 Å². The third kappa shape index (κ3) is 3.62. The molecular weight excluding hydrogens is 350 g/mol. The SMILES string of the molecule is CCN(CCOC)CCc1ccc2c(c1)CO/C2=C1/C(=O)Cc2ccccc21. The van der Waals surface area contributed by atoms with Crippen LogP contribution in [-0.2, 0) is 33.7 Å².